The van der Waals surface area contributed by atoms with Crippen LogP contribution in [0.4, 0.5) is 4.39 Å². The number of carbonyl (C=O) groups excluding carboxylic acids is 1. The molecule has 17 heavy (non-hydrogen) atoms. The topological polar surface area (TPSA) is 38.3 Å². The van der Waals surface area contributed by atoms with Crippen LogP contribution in [-0.4, -0.2) is 19.6 Å². The maximum Gasteiger partial charge on any atom is 0.258 e. The lowest BCUT2D eigenvalue weighted by molar-refractivity contribution is 0.0947. The highest BCUT2D eigenvalue weighted by atomic mass is 19.1. The van der Waals surface area contributed by atoms with Crippen molar-refractivity contribution in [2.75, 3.05) is 13.7 Å². The van der Waals surface area contributed by atoms with E-state index >= 15 is 0 Å². The molecule has 0 bridgehead atoms. The Morgan fingerprint density at radius 2 is 2.29 bits per heavy atom. The highest BCUT2D eigenvalue weighted by molar-refractivity contribution is 5.97. The van der Waals surface area contributed by atoms with E-state index in [1.807, 2.05) is 19.1 Å². The van der Waals surface area contributed by atoms with E-state index in [-0.39, 0.29) is 11.3 Å². The molecule has 92 valence electrons. The third kappa shape index (κ3) is 3.59. The Morgan fingerprint density at radius 3 is 2.94 bits per heavy atom. The molecule has 1 rings (SSSR count). The molecule has 0 saturated carbocycles. The van der Waals surface area contributed by atoms with Gasteiger partial charge in [-0.1, -0.05) is 18.2 Å². The summed E-state index contributed by atoms with van der Waals surface area (Å²) >= 11 is 0. The Balaban J connectivity index is 2.74. The fourth-order valence-corrected chi connectivity index (χ4v) is 1.42. The van der Waals surface area contributed by atoms with E-state index in [2.05, 4.69) is 5.32 Å². The molecule has 3 nitrogen and oxygen atoms in total. The van der Waals surface area contributed by atoms with Gasteiger partial charge in [0.2, 0.25) is 0 Å². The molecule has 1 aromatic carbocycles. The van der Waals surface area contributed by atoms with Gasteiger partial charge >= 0.3 is 0 Å². The summed E-state index contributed by atoms with van der Waals surface area (Å²) in [5.74, 6) is -0.786. The molecule has 1 aromatic rings. The van der Waals surface area contributed by atoms with Crippen molar-refractivity contribution in [3.8, 4) is 5.75 Å². The van der Waals surface area contributed by atoms with Gasteiger partial charge in [0, 0.05) is 6.54 Å². The first-order valence-corrected chi connectivity index (χ1v) is 5.42. The summed E-state index contributed by atoms with van der Waals surface area (Å²) in [7, 11) is 1.41. The fraction of sp³-hybridized carbons (Fsp3) is 0.308. The quantitative estimate of drug-likeness (QED) is 0.631. The third-order valence-electron chi connectivity index (χ3n) is 2.25. The van der Waals surface area contributed by atoms with Gasteiger partial charge in [0.05, 0.1) is 7.11 Å². The monoisotopic (exact) mass is 237 g/mol. The number of methoxy groups -OCH3 is 1. The van der Waals surface area contributed by atoms with Gasteiger partial charge in [-0.05, 0) is 25.5 Å². The zero-order valence-corrected chi connectivity index (χ0v) is 10.00. The molecule has 0 spiro atoms. The molecule has 0 aliphatic carbocycles. The van der Waals surface area contributed by atoms with Crippen molar-refractivity contribution in [1.82, 2.24) is 5.32 Å². The largest absolute Gasteiger partial charge is 0.496 e. The van der Waals surface area contributed by atoms with Gasteiger partial charge in [0.15, 0.2) is 0 Å². The first-order chi connectivity index (χ1) is 8.20. The lowest BCUT2D eigenvalue weighted by atomic mass is 10.1. The van der Waals surface area contributed by atoms with Crippen LogP contribution in [0, 0.1) is 5.82 Å². The normalized spacial score (nSPS) is 10.5. The van der Waals surface area contributed by atoms with Crippen LogP contribution >= 0.6 is 0 Å². The van der Waals surface area contributed by atoms with E-state index in [1.165, 1.54) is 19.2 Å². The lowest BCUT2D eigenvalue weighted by Crippen LogP contribution is -2.25. The van der Waals surface area contributed by atoms with Crippen molar-refractivity contribution >= 4 is 5.91 Å². The standard InChI is InChI=1S/C13H16FNO2/c1-3-4-5-9-15-13(16)12-10(14)7-6-8-11(12)17-2/h3-4,6-8H,5,9H2,1-2H3,(H,15,16)/b4-3+. The van der Waals surface area contributed by atoms with Crippen molar-refractivity contribution in [2.24, 2.45) is 0 Å². The van der Waals surface area contributed by atoms with Gasteiger partial charge in [-0.3, -0.25) is 4.79 Å². The SMILES string of the molecule is C/C=C/CCNC(=O)c1c(F)cccc1OC. The predicted molar refractivity (Wildman–Crippen MR) is 64.7 cm³/mol. The summed E-state index contributed by atoms with van der Waals surface area (Å²) in [6.45, 7) is 2.38. The smallest absolute Gasteiger partial charge is 0.258 e. The first kappa shape index (κ1) is 13.2. The molecule has 0 radical (unpaired) electrons. The van der Waals surface area contributed by atoms with E-state index in [0.29, 0.717) is 6.54 Å². The molecule has 1 amide bonds. The summed E-state index contributed by atoms with van der Waals surface area (Å²) in [5.41, 5.74) is -0.0459. The van der Waals surface area contributed by atoms with E-state index < -0.39 is 11.7 Å². The summed E-state index contributed by atoms with van der Waals surface area (Å²) in [4.78, 5) is 11.8. The second-order valence-corrected chi connectivity index (χ2v) is 3.43. The number of halogens is 1. The molecule has 4 heteroatoms. The van der Waals surface area contributed by atoms with Crippen LogP contribution in [-0.2, 0) is 0 Å². The highest BCUT2D eigenvalue weighted by Gasteiger charge is 2.16. The first-order valence-electron chi connectivity index (χ1n) is 5.42. The number of hydrogen-bond acceptors (Lipinski definition) is 2. The summed E-state index contributed by atoms with van der Waals surface area (Å²) in [5, 5.41) is 2.64. The maximum atomic E-state index is 13.5. The highest BCUT2D eigenvalue weighted by Crippen LogP contribution is 2.20. The van der Waals surface area contributed by atoms with Crippen LogP contribution in [0.5, 0.6) is 5.75 Å². The van der Waals surface area contributed by atoms with Gasteiger partial charge in [0.1, 0.15) is 17.1 Å². The Kier molecular flexibility index (Phi) is 5.20. The fourth-order valence-electron chi connectivity index (χ4n) is 1.42. The van der Waals surface area contributed by atoms with Crippen LogP contribution in [0.2, 0.25) is 0 Å². The van der Waals surface area contributed by atoms with Crippen LogP contribution in [0.15, 0.2) is 30.4 Å². The summed E-state index contributed by atoms with van der Waals surface area (Å²) < 4.78 is 18.5. The minimum Gasteiger partial charge on any atom is -0.496 e. The molecular formula is C13H16FNO2. The van der Waals surface area contributed by atoms with Crippen molar-refractivity contribution in [1.29, 1.82) is 0 Å². The molecule has 0 atom stereocenters. The number of hydrogen-bond donors (Lipinski definition) is 1. The van der Waals surface area contributed by atoms with Gasteiger partial charge in [0.25, 0.3) is 5.91 Å². The van der Waals surface area contributed by atoms with Gasteiger partial charge in [-0.15, -0.1) is 0 Å². The van der Waals surface area contributed by atoms with Crippen LogP contribution in [0.25, 0.3) is 0 Å². The minimum absolute atomic E-state index is 0.0459. The zero-order chi connectivity index (χ0) is 12.7. The minimum atomic E-state index is -0.576. The van der Waals surface area contributed by atoms with Crippen molar-refractivity contribution < 1.29 is 13.9 Å². The van der Waals surface area contributed by atoms with Crippen molar-refractivity contribution in [3.05, 3.63) is 41.7 Å². The van der Waals surface area contributed by atoms with Gasteiger partial charge in [-0.2, -0.15) is 0 Å². The van der Waals surface area contributed by atoms with E-state index in [9.17, 15) is 9.18 Å². The van der Waals surface area contributed by atoms with Crippen LogP contribution in [0.1, 0.15) is 23.7 Å². The Morgan fingerprint density at radius 1 is 1.53 bits per heavy atom. The molecular weight excluding hydrogens is 221 g/mol. The number of ether oxygens (including phenoxy) is 1. The second kappa shape index (κ2) is 6.68. The molecule has 0 saturated heterocycles. The molecule has 0 aromatic heterocycles. The molecule has 1 N–H and O–H groups in total. The van der Waals surface area contributed by atoms with Crippen LogP contribution < -0.4 is 10.1 Å². The molecule has 0 heterocycles. The second-order valence-electron chi connectivity index (χ2n) is 3.43. The number of nitrogens with one attached hydrogen (secondary N) is 1. The number of amides is 1. The average molecular weight is 237 g/mol. The Labute approximate surface area is 100 Å². The van der Waals surface area contributed by atoms with Crippen molar-refractivity contribution in [3.63, 3.8) is 0 Å². The third-order valence-corrected chi connectivity index (χ3v) is 2.25. The number of rotatable bonds is 5. The van der Waals surface area contributed by atoms with E-state index in [1.54, 1.807) is 6.07 Å². The zero-order valence-electron chi connectivity index (χ0n) is 10.00. The lowest BCUT2D eigenvalue weighted by Gasteiger charge is -2.09. The van der Waals surface area contributed by atoms with E-state index in [0.717, 1.165) is 6.42 Å². The van der Waals surface area contributed by atoms with Crippen molar-refractivity contribution in [2.45, 2.75) is 13.3 Å². The Hall–Kier alpha value is -1.84. The number of carbonyl (C=O) groups is 1. The molecule has 0 fully saturated rings. The molecule has 0 unspecified atom stereocenters. The van der Waals surface area contributed by atoms with Gasteiger partial charge < -0.3 is 10.1 Å². The van der Waals surface area contributed by atoms with Crippen LogP contribution in [0.3, 0.4) is 0 Å². The predicted octanol–water partition coefficient (Wildman–Crippen LogP) is 2.53. The average Bonchev–Trinajstić information content (AvgIpc) is 2.34. The van der Waals surface area contributed by atoms with E-state index in [4.69, 9.17) is 4.74 Å². The summed E-state index contributed by atoms with van der Waals surface area (Å²) in [6, 6.07) is 4.30. The molecule has 0 aliphatic rings. The molecule has 0 aliphatic heterocycles. The Bertz CT molecular complexity index is 416. The maximum absolute atomic E-state index is 13.5. The summed E-state index contributed by atoms with van der Waals surface area (Å²) in [6.07, 6.45) is 4.55. The van der Waals surface area contributed by atoms with Gasteiger partial charge in [-0.25, -0.2) is 4.39 Å². The number of allylic oxidation sites excluding steroid dienone is 1. The number of benzene rings is 1.